The van der Waals surface area contributed by atoms with Crippen molar-refractivity contribution >= 4 is 23.2 Å². The van der Waals surface area contributed by atoms with Gasteiger partial charge in [-0.2, -0.15) is 0 Å². The predicted octanol–water partition coefficient (Wildman–Crippen LogP) is 2.51. The smallest absolute Gasteiger partial charge is 0.241 e. The summed E-state index contributed by atoms with van der Waals surface area (Å²) in [5, 5.41) is 6.63. The molecule has 1 aromatic rings. The van der Waals surface area contributed by atoms with Gasteiger partial charge in [-0.05, 0) is 37.9 Å². The van der Waals surface area contributed by atoms with Crippen LogP contribution in [0.25, 0.3) is 0 Å². The summed E-state index contributed by atoms with van der Waals surface area (Å²) in [6.45, 7) is 2.78. The molecule has 4 nitrogen and oxygen atoms in total. The van der Waals surface area contributed by atoms with Crippen LogP contribution in [0.4, 0.5) is 5.69 Å². The van der Waals surface area contributed by atoms with Gasteiger partial charge in [-0.25, -0.2) is 4.98 Å². The van der Waals surface area contributed by atoms with Gasteiger partial charge in [0, 0.05) is 0 Å². The number of halogens is 1. The summed E-state index contributed by atoms with van der Waals surface area (Å²) in [5.41, 5.74) is 1.57. The number of amides is 1. The summed E-state index contributed by atoms with van der Waals surface area (Å²) in [5.74, 6) is 0.0143. The highest BCUT2D eigenvalue weighted by Crippen LogP contribution is 2.17. The van der Waals surface area contributed by atoms with E-state index in [0.717, 1.165) is 31.4 Å². The molecule has 5 heteroatoms. The van der Waals surface area contributed by atoms with Gasteiger partial charge < -0.3 is 10.6 Å². The molecule has 2 N–H and O–H groups in total. The minimum atomic E-state index is -0.0940. The van der Waals surface area contributed by atoms with Crippen molar-refractivity contribution in [3.8, 4) is 0 Å². The van der Waals surface area contributed by atoms with Gasteiger partial charge in [0.2, 0.25) is 5.91 Å². The van der Waals surface area contributed by atoms with Gasteiger partial charge in [-0.3, -0.25) is 4.79 Å². The third-order valence-electron chi connectivity index (χ3n) is 3.16. The van der Waals surface area contributed by atoms with Gasteiger partial charge in [0.05, 0.1) is 17.9 Å². The van der Waals surface area contributed by atoms with Crippen LogP contribution in [0.2, 0.25) is 5.15 Å². The van der Waals surface area contributed by atoms with E-state index >= 15 is 0 Å². The molecule has 1 atom stereocenters. The zero-order chi connectivity index (χ0) is 13.0. The molecule has 0 radical (unpaired) electrons. The number of anilines is 1. The van der Waals surface area contributed by atoms with Crippen molar-refractivity contribution in [2.45, 2.75) is 38.6 Å². The van der Waals surface area contributed by atoms with Gasteiger partial charge >= 0.3 is 0 Å². The fraction of sp³-hybridized carbons (Fsp3) is 0.538. The molecule has 1 unspecified atom stereocenters. The van der Waals surface area contributed by atoms with Crippen LogP contribution in [0, 0.1) is 6.92 Å². The van der Waals surface area contributed by atoms with E-state index in [1.54, 1.807) is 6.20 Å². The summed E-state index contributed by atoms with van der Waals surface area (Å²) in [7, 11) is 0. The molecule has 1 aliphatic heterocycles. The zero-order valence-corrected chi connectivity index (χ0v) is 11.3. The van der Waals surface area contributed by atoms with Crippen LogP contribution in [-0.2, 0) is 4.79 Å². The quantitative estimate of drug-likeness (QED) is 0.810. The number of rotatable bonds is 2. The summed E-state index contributed by atoms with van der Waals surface area (Å²) in [4.78, 5) is 16.1. The van der Waals surface area contributed by atoms with E-state index < -0.39 is 0 Å². The van der Waals surface area contributed by atoms with E-state index in [9.17, 15) is 4.79 Å². The standard InChI is InChI=1S/C13H18ClN3O/c1-9-7-10(8-16-12(9)14)17-13(18)11-5-3-2-4-6-15-11/h7-8,11,15H,2-6H2,1H3,(H,17,18). The summed E-state index contributed by atoms with van der Waals surface area (Å²) < 4.78 is 0. The average molecular weight is 268 g/mol. The number of hydrogen-bond donors (Lipinski definition) is 2. The third-order valence-corrected chi connectivity index (χ3v) is 3.55. The number of nitrogens with zero attached hydrogens (tertiary/aromatic N) is 1. The van der Waals surface area contributed by atoms with Crippen LogP contribution in [0.1, 0.15) is 31.2 Å². The lowest BCUT2D eigenvalue weighted by molar-refractivity contribution is -0.118. The summed E-state index contributed by atoms with van der Waals surface area (Å²) in [6.07, 6.45) is 5.92. The van der Waals surface area contributed by atoms with E-state index in [1.165, 1.54) is 6.42 Å². The number of nitrogens with one attached hydrogen (secondary N) is 2. The summed E-state index contributed by atoms with van der Waals surface area (Å²) in [6, 6.07) is 1.74. The molecule has 0 aliphatic carbocycles. The lowest BCUT2D eigenvalue weighted by Crippen LogP contribution is -2.39. The molecule has 2 rings (SSSR count). The molecule has 18 heavy (non-hydrogen) atoms. The number of pyridine rings is 1. The molecule has 1 aromatic heterocycles. The molecule has 0 aromatic carbocycles. The van der Waals surface area contributed by atoms with Crippen molar-refractivity contribution < 1.29 is 4.79 Å². The zero-order valence-electron chi connectivity index (χ0n) is 10.5. The molecular formula is C13H18ClN3O. The Kier molecular flexibility index (Phi) is 4.55. The highest BCUT2D eigenvalue weighted by atomic mass is 35.5. The van der Waals surface area contributed by atoms with E-state index in [2.05, 4.69) is 15.6 Å². The van der Waals surface area contributed by atoms with Crippen molar-refractivity contribution in [1.82, 2.24) is 10.3 Å². The lowest BCUT2D eigenvalue weighted by Gasteiger charge is -2.15. The average Bonchev–Trinajstić information content (AvgIpc) is 2.62. The monoisotopic (exact) mass is 267 g/mol. The first-order valence-electron chi connectivity index (χ1n) is 6.33. The third kappa shape index (κ3) is 3.43. The highest BCUT2D eigenvalue weighted by Gasteiger charge is 2.19. The van der Waals surface area contributed by atoms with Gasteiger partial charge in [0.25, 0.3) is 0 Å². The number of carbonyl (C=O) groups excluding carboxylic acids is 1. The maximum Gasteiger partial charge on any atom is 0.241 e. The lowest BCUT2D eigenvalue weighted by atomic mass is 10.1. The number of aryl methyl sites for hydroxylation is 1. The first-order valence-corrected chi connectivity index (χ1v) is 6.71. The SMILES string of the molecule is Cc1cc(NC(=O)C2CCCCCN2)cnc1Cl. The van der Waals surface area contributed by atoms with E-state index in [1.807, 2.05) is 13.0 Å². The Labute approximate surface area is 112 Å². The molecule has 98 valence electrons. The second-order valence-corrected chi connectivity index (χ2v) is 5.04. The maximum absolute atomic E-state index is 12.1. The summed E-state index contributed by atoms with van der Waals surface area (Å²) >= 11 is 5.85. The van der Waals surface area contributed by atoms with Crippen LogP contribution < -0.4 is 10.6 Å². The minimum absolute atomic E-state index is 0.0143. The second kappa shape index (κ2) is 6.16. The van der Waals surface area contributed by atoms with Gasteiger partial charge in [0.1, 0.15) is 5.15 Å². The van der Waals surface area contributed by atoms with Gasteiger partial charge in [-0.1, -0.05) is 24.4 Å². The molecule has 1 aliphatic rings. The Morgan fingerprint density at radius 3 is 3.11 bits per heavy atom. The second-order valence-electron chi connectivity index (χ2n) is 4.68. The van der Waals surface area contributed by atoms with Crippen LogP contribution >= 0.6 is 11.6 Å². The van der Waals surface area contributed by atoms with Crippen LogP contribution in [0.3, 0.4) is 0 Å². The molecule has 0 spiro atoms. The number of carbonyl (C=O) groups is 1. The Morgan fingerprint density at radius 1 is 1.50 bits per heavy atom. The van der Waals surface area contributed by atoms with Crippen molar-refractivity contribution in [3.05, 3.63) is 23.0 Å². The molecule has 1 fully saturated rings. The molecule has 0 saturated carbocycles. The van der Waals surface area contributed by atoms with Crippen molar-refractivity contribution in [2.24, 2.45) is 0 Å². The van der Waals surface area contributed by atoms with Gasteiger partial charge in [0.15, 0.2) is 0 Å². The molecule has 0 bridgehead atoms. The van der Waals surface area contributed by atoms with E-state index in [0.29, 0.717) is 10.8 Å². The Bertz CT molecular complexity index is 428. The van der Waals surface area contributed by atoms with Crippen molar-refractivity contribution in [2.75, 3.05) is 11.9 Å². The Hall–Kier alpha value is -1.13. The number of hydrogen-bond acceptors (Lipinski definition) is 3. The first kappa shape index (κ1) is 13.3. The number of aromatic nitrogens is 1. The van der Waals surface area contributed by atoms with Crippen molar-refractivity contribution in [1.29, 1.82) is 0 Å². The van der Waals surface area contributed by atoms with Crippen LogP contribution in [0.15, 0.2) is 12.3 Å². The fourth-order valence-corrected chi connectivity index (χ4v) is 2.21. The molecule has 1 amide bonds. The topological polar surface area (TPSA) is 54.0 Å². The highest BCUT2D eigenvalue weighted by molar-refractivity contribution is 6.30. The molecule has 1 saturated heterocycles. The van der Waals surface area contributed by atoms with Gasteiger partial charge in [-0.15, -0.1) is 0 Å². The van der Waals surface area contributed by atoms with E-state index in [-0.39, 0.29) is 11.9 Å². The van der Waals surface area contributed by atoms with Crippen LogP contribution in [-0.4, -0.2) is 23.5 Å². The Balaban J connectivity index is 1.99. The largest absolute Gasteiger partial charge is 0.323 e. The fourth-order valence-electron chi connectivity index (χ4n) is 2.11. The Morgan fingerprint density at radius 2 is 2.33 bits per heavy atom. The normalized spacial score (nSPS) is 20.2. The molecular weight excluding hydrogens is 250 g/mol. The maximum atomic E-state index is 12.1. The first-order chi connectivity index (χ1) is 8.66. The minimum Gasteiger partial charge on any atom is -0.323 e. The van der Waals surface area contributed by atoms with E-state index in [4.69, 9.17) is 11.6 Å². The predicted molar refractivity (Wildman–Crippen MR) is 72.9 cm³/mol. The van der Waals surface area contributed by atoms with Crippen LogP contribution in [0.5, 0.6) is 0 Å². The molecule has 2 heterocycles. The van der Waals surface area contributed by atoms with Crippen molar-refractivity contribution in [3.63, 3.8) is 0 Å².